The maximum atomic E-state index is 6.80. The Morgan fingerprint density at radius 1 is 0.400 bits per heavy atom. The van der Waals surface area contributed by atoms with Crippen LogP contribution in [0.2, 0.25) is 0 Å². The Morgan fingerprint density at radius 2 is 0.971 bits per heavy atom. The molecule has 9 aromatic carbocycles. The van der Waals surface area contributed by atoms with Gasteiger partial charge >= 0.3 is 0 Å². The second-order valence-electron chi connectivity index (χ2n) is 22.5. The van der Waals surface area contributed by atoms with E-state index < -0.39 is 0 Å². The number of rotatable bonds is 6. The van der Waals surface area contributed by atoms with Crippen LogP contribution in [0.4, 0.5) is 0 Å². The Kier molecular flexibility index (Phi) is 8.50. The molecule has 0 N–H and O–H groups in total. The van der Waals surface area contributed by atoms with Gasteiger partial charge in [-0.3, -0.25) is 0 Å². The third-order valence-corrected chi connectivity index (χ3v) is 17.3. The molecule has 0 radical (unpaired) electrons. The lowest BCUT2D eigenvalue weighted by molar-refractivity contribution is 0.644. The van der Waals surface area contributed by atoms with Crippen molar-refractivity contribution in [2.45, 2.75) is 90.4 Å². The number of hydrogen-bond donors (Lipinski definition) is 0. The summed E-state index contributed by atoms with van der Waals surface area (Å²) in [6.07, 6.45) is 1.90. The largest absolute Gasteiger partial charge is 0.456 e. The number of para-hydroxylation sites is 2. The molecule has 0 saturated carbocycles. The van der Waals surface area contributed by atoms with Gasteiger partial charge in [0.1, 0.15) is 22.3 Å². The number of furan rings is 2. The van der Waals surface area contributed by atoms with Crippen molar-refractivity contribution in [3.05, 3.63) is 225 Å². The first-order valence-electron chi connectivity index (χ1n) is 25.3. The van der Waals surface area contributed by atoms with E-state index in [1.807, 2.05) is 0 Å². The summed E-state index contributed by atoms with van der Waals surface area (Å²) in [5.74, 6) is 0.293. The summed E-state index contributed by atoms with van der Waals surface area (Å²) in [5, 5.41) is 4.84. The highest BCUT2D eigenvalue weighted by atomic mass is 16.3. The Bertz CT molecular complexity index is 4070. The smallest absolute Gasteiger partial charge is 0.143 e. The van der Waals surface area contributed by atoms with Crippen molar-refractivity contribution < 1.29 is 8.83 Å². The summed E-state index contributed by atoms with van der Waals surface area (Å²) in [6.45, 7) is 19.0. The predicted molar refractivity (Wildman–Crippen MR) is 292 cm³/mol. The third kappa shape index (κ3) is 5.68. The van der Waals surface area contributed by atoms with Crippen LogP contribution < -0.4 is 0 Å². The molecule has 0 spiro atoms. The molecule has 2 aromatic heterocycles. The van der Waals surface area contributed by atoms with Crippen LogP contribution in [0.15, 0.2) is 173 Å². The van der Waals surface area contributed by atoms with Crippen LogP contribution in [0, 0.1) is 13.8 Å². The molecule has 0 fully saturated rings. The predicted octanol–water partition coefficient (Wildman–Crippen LogP) is 18.3. The van der Waals surface area contributed by atoms with Crippen LogP contribution in [0.5, 0.6) is 0 Å². The fourth-order valence-electron chi connectivity index (χ4n) is 13.6. The lowest BCUT2D eigenvalue weighted by Crippen LogP contribution is -2.17. The molecule has 3 aliphatic rings. The van der Waals surface area contributed by atoms with Crippen molar-refractivity contribution in [2.24, 2.45) is 0 Å². The quantitative estimate of drug-likeness (QED) is 0.166. The molecule has 11 aromatic rings. The second-order valence-corrected chi connectivity index (χ2v) is 22.5. The second kappa shape index (κ2) is 14.3. The van der Waals surface area contributed by atoms with Gasteiger partial charge in [0.15, 0.2) is 0 Å². The molecule has 1 atom stereocenters. The average molecular weight is 905 g/mol. The average Bonchev–Trinajstić information content (AvgIpc) is 4.10. The van der Waals surface area contributed by atoms with Crippen LogP contribution in [0.3, 0.4) is 0 Å². The van der Waals surface area contributed by atoms with Crippen LogP contribution in [0.25, 0.3) is 88.4 Å². The normalized spacial score (nSPS) is 15.8. The van der Waals surface area contributed by atoms with E-state index in [4.69, 9.17) is 8.83 Å². The maximum absolute atomic E-state index is 6.80. The number of benzene rings is 9. The van der Waals surface area contributed by atoms with Crippen LogP contribution in [-0.4, -0.2) is 0 Å². The van der Waals surface area contributed by atoms with Crippen molar-refractivity contribution in [1.82, 2.24) is 0 Å². The van der Waals surface area contributed by atoms with Crippen molar-refractivity contribution in [1.29, 1.82) is 0 Å². The Hall–Kier alpha value is -7.42. The van der Waals surface area contributed by atoms with Gasteiger partial charge in [0.05, 0.1) is 0 Å². The Balaban J connectivity index is 0.845. The molecule has 2 nitrogen and oxygen atoms in total. The van der Waals surface area contributed by atoms with Crippen molar-refractivity contribution in [3.8, 4) is 44.5 Å². The monoisotopic (exact) mass is 904 g/mol. The molecular formula is C68H56O2. The summed E-state index contributed by atoms with van der Waals surface area (Å²) in [5.41, 5.74) is 28.9. The molecule has 14 rings (SSSR count). The van der Waals surface area contributed by atoms with Gasteiger partial charge in [0.25, 0.3) is 0 Å². The van der Waals surface area contributed by atoms with E-state index in [1.54, 1.807) is 0 Å². The van der Waals surface area contributed by atoms with E-state index in [0.29, 0.717) is 5.92 Å². The van der Waals surface area contributed by atoms with Gasteiger partial charge in [0.2, 0.25) is 0 Å². The first-order valence-corrected chi connectivity index (χ1v) is 25.3. The first-order chi connectivity index (χ1) is 33.8. The van der Waals surface area contributed by atoms with E-state index in [2.05, 4.69) is 219 Å². The van der Waals surface area contributed by atoms with E-state index in [1.165, 1.54) is 122 Å². The highest BCUT2D eigenvalue weighted by Gasteiger charge is 2.43. The number of fused-ring (bicyclic) bond motifs is 17. The zero-order valence-corrected chi connectivity index (χ0v) is 41.4. The summed E-state index contributed by atoms with van der Waals surface area (Å²) >= 11 is 0. The molecule has 340 valence electrons. The van der Waals surface area contributed by atoms with E-state index in [9.17, 15) is 0 Å². The van der Waals surface area contributed by atoms with Gasteiger partial charge in [-0.15, -0.1) is 0 Å². The molecule has 0 aliphatic heterocycles. The molecule has 0 amide bonds. The molecule has 1 unspecified atom stereocenters. The summed E-state index contributed by atoms with van der Waals surface area (Å²) in [7, 11) is 0. The Labute approximate surface area is 410 Å². The lowest BCUT2D eigenvalue weighted by atomic mass is 9.78. The minimum atomic E-state index is -0.208. The zero-order chi connectivity index (χ0) is 47.6. The van der Waals surface area contributed by atoms with Gasteiger partial charge in [-0.25, -0.2) is 0 Å². The topological polar surface area (TPSA) is 26.3 Å². The highest BCUT2D eigenvalue weighted by Crippen LogP contribution is 2.59. The summed E-state index contributed by atoms with van der Waals surface area (Å²) in [6, 6.07) is 61.9. The molecule has 0 bridgehead atoms. The number of aryl methyl sites for hydroxylation is 2. The molecule has 2 heteroatoms. The summed E-state index contributed by atoms with van der Waals surface area (Å²) in [4.78, 5) is 0. The molecule has 70 heavy (non-hydrogen) atoms. The highest BCUT2D eigenvalue weighted by molar-refractivity contribution is 6.19. The fraction of sp³-hybridized carbons (Fsp3) is 0.206. The van der Waals surface area contributed by atoms with Crippen molar-refractivity contribution in [2.75, 3.05) is 0 Å². The summed E-state index contributed by atoms with van der Waals surface area (Å²) < 4.78 is 13.2. The van der Waals surface area contributed by atoms with Crippen LogP contribution in [-0.2, 0) is 29.1 Å². The zero-order valence-electron chi connectivity index (χ0n) is 41.4. The standard InChI is InChI=1S/C68H56O2/c1-38-16-15-18-42(30-38)49-35-57-61(64-48-21-12-14-23-59(48)70-65(49)64)46-27-25-41(34-54(46)68(57,7)8)32-43(44-19-10-9-17-39(44)2)31-40-24-26-45-50-36-56-51(37-55(50)67(5,6)53(45)33-40)62-52(66(56,3)4)28-29-60-63(62)47-20-11-13-22-58(47)69-60/h9-30,33-37,43H,31-32H2,1-8H3. The number of hydrogen-bond acceptors (Lipinski definition) is 2. The SMILES string of the molecule is Cc1cccc(-c2cc3c(c4c2oc2ccccc24)-c2ccc(CC(Cc4ccc5c(c4)C(C)(C)c4cc6c(cc4-5)C(C)(C)c4ccc5oc7ccccc7c5c4-6)c4ccccc4C)cc2C3(C)C)c1. The molecule has 2 heterocycles. The maximum Gasteiger partial charge on any atom is 0.143 e. The van der Waals surface area contributed by atoms with E-state index in [0.717, 1.165) is 40.7 Å². The van der Waals surface area contributed by atoms with Gasteiger partial charge in [-0.05, 0) is 164 Å². The van der Waals surface area contributed by atoms with Crippen molar-refractivity contribution in [3.63, 3.8) is 0 Å². The minimum Gasteiger partial charge on any atom is -0.456 e. The van der Waals surface area contributed by atoms with Crippen LogP contribution in [0.1, 0.15) is 109 Å². The van der Waals surface area contributed by atoms with E-state index >= 15 is 0 Å². The van der Waals surface area contributed by atoms with Gasteiger partial charge in [-0.1, -0.05) is 174 Å². The Morgan fingerprint density at radius 3 is 1.71 bits per heavy atom. The van der Waals surface area contributed by atoms with Gasteiger partial charge < -0.3 is 8.83 Å². The molecule has 0 saturated heterocycles. The lowest BCUT2D eigenvalue weighted by Gasteiger charge is -2.25. The van der Waals surface area contributed by atoms with E-state index in [-0.39, 0.29) is 16.2 Å². The van der Waals surface area contributed by atoms with Gasteiger partial charge in [-0.2, -0.15) is 0 Å². The minimum absolute atomic E-state index is 0.139. The fourth-order valence-corrected chi connectivity index (χ4v) is 13.6. The molecule has 3 aliphatic carbocycles. The van der Waals surface area contributed by atoms with Crippen LogP contribution >= 0.6 is 0 Å². The van der Waals surface area contributed by atoms with Gasteiger partial charge in [0, 0.05) is 43.4 Å². The third-order valence-electron chi connectivity index (χ3n) is 17.3. The molecular weight excluding hydrogens is 849 g/mol. The van der Waals surface area contributed by atoms with Crippen molar-refractivity contribution >= 4 is 43.9 Å². The first kappa shape index (κ1) is 41.5.